The van der Waals surface area contributed by atoms with E-state index in [1.54, 1.807) is 12.1 Å². The summed E-state index contributed by atoms with van der Waals surface area (Å²) in [5.41, 5.74) is 6.85. The minimum absolute atomic E-state index is 0.0967. The van der Waals surface area contributed by atoms with Gasteiger partial charge in [-0.25, -0.2) is 0 Å². The van der Waals surface area contributed by atoms with E-state index in [2.05, 4.69) is 36.2 Å². The average molecular weight is 591 g/mol. The van der Waals surface area contributed by atoms with E-state index in [1.807, 2.05) is 60.7 Å². The molecule has 0 aromatic heterocycles. The van der Waals surface area contributed by atoms with Crippen molar-refractivity contribution >= 4 is 11.4 Å². The summed E-state index contributed by atoms with van der Waals surface area (Å²) in [4.78, 5) is 14.9. The molecule has 1 unspecified atom stereocenters. The molecule has 5 atom stereocenters. The van der Waals surface area contributed by atoms with Crippen molar-refractivity contribution in [1.82, 2.24) is 0 Å². The lowest BCUT2D eigenvalue weighted by molar-refractivity contribution is -0.384. The van der Waals surface area contributed by atoms with Crippen molar-refractivity contribution in [2.24, 2.45) is 16.8 Å². The van der Waals surface area contributed by atoms with Crippen molar-refractivity contribution in [1.29, 1.82) is 0 Å². The zero-order chi connectivity index (χ0) is 30.9. The number of aliphatic hydroxyl groups excluding tert-OH is 2. The standard InChI is InChI=1S/C20H24O.C18H18N2O3/c1-15-7-9-16(10-8-15)13-17-11-12-19(14-17)20(21)18-5-3-2-4-6-18;21-18(14-4-2-1-3-5-14)17-11-8-15(19-17)12-13-6-9-16(10-7-13)20(22)23/h2-10,17,19-21H,11-14H2,1H3;1-7,9-10,17-18,21H,8,11-12H2/t17?,19-,20+;17-,18-/m01/s1. The number of nitro groups is 1. The Kier molecular flexibility index (Phi) is 10.7. The Balaban J connectivity index is 0.000000175. The molecule has 1 fully saturated rings. The molecule has 4 aromatic rings. The molecular formula is C38H42N2O4. The molecule has 4 aromatic carbocycles. The van der Waals surface area contributed by atoms with Gasteiger partial charge in [0.2, 0.25) is 0 Å². The lowest BCUT2D eigenvalue weighted by Crippen LogP contribution is -2.13. The van der Waals surface area contributed by atoms with Crippen LogP contribution in [0.5, 0.6) is 0 Å². The van der Waals surface area contributed by atoms with E-state index in [0.29, 0.717) is 12.3 Å². The second-order valence-corrected chi connectivity index (χ2v) is 12.2. The Bertz CT molecular complexity index is 1500. The largest absolute Gasteiger partial charge is 0.388 e. The molecule has 1 aliphatic heterocycles. The third-order valence-electron chi connectivity index (χ3n) is 8.95. The molecular weight excluding hydrogens is 548 g/mol. The van der Waals surface area contributed by atoms with Crippen LogP contribution in [0.4, 0.5) is 5.69 Å². The van der Waals surface area contributed by atoms with Crippen molar-refractivity contribution < 1.29 is 15.1 Å². The van der Waals surface area contributed by atoms with Gasteiger partial charge in [-0.15, -0.1) is 0 Å². The number of aliphatic imine (C=N–C) groups is 1. The summed E-state index contributed by atoms with van der Waals surface area (Å²) in [5.74, 6) is 1.14. The van der Waals surface area contributed by atoms with Gasteiger partial charge in [0, 0.05) is 24.3 Å². The Morgan fingerprint density at radius 3 is 1.98 bits per heavy atom. The van der Waals surface area contributed by atoms with Crippen molar-refractivity contribution in [3.8, 4) is 0 Å². The molecule has 0 bridgehead atoms. The van der Waals surface area contributed by atoms with E-state index in [9.17, 15) is 20.3 Å². The van der Waals surface area contributed by atoms with Crippen LogP contribution in [0.25, 0.3) is 0 Å². The number of nitrogens with zero attached hydrogens (tertiary/aromatic N) is 2. The first-order chi connectivity index (χ1) is 21.4. The number of hydrogen-bond acceptors (Lipinski definition) is 5. The molecule has 228 valence electrons. The maximum Gasteiger partial charge on any atom is 0.269 e. The number of aliphatic hydroxyl groups is 2. The van der Waals surface area contributed by atoms with Gasteiger partial charge in [-0.2, -0.15) is 0 Å². The van der Waals surface area contributed by atoms with Gasteiger partial charge in [-0.05, 0) is 79.5 Å². The number of benzene rings is 4. The summed E-state index contributed by atoms with van der Waals surface area (Å²) in [5, 5.41) is 31.6. The SMILES string of the molecule is Cc1ccc(CC2CC[C@H]([C@H](O)c3ccccc3)C2)cc1.O=[N+]([O-])c1ccc(CC2=N[C@@H]([C@H](O)c3ccccc3)CC2)cc1. The molecule has 1 aliphatic carbocycles. The van der Waals surface area contributed by atoms with E-state index in [4.69, 9.17) is 0 Å². The van der Waals surface area contributed by atoms with Crippen molar-refractivity contribution in [3.05, 3.63) is 147 Å². The van der Waals surface area contributed by atoms with Crippen LogP contribution in [0.1, 0.15) is 72.1 Å². The molecule has 2 N–H and O–H groups in total. The van der Waals surface area contributed by atoms with Crippen LogP contribution in [0.2, 0.25) is 0 Å². The zero-order valence-electron chi connectivity index (χ0n) is 25.3. The summed E-state index contributed by atoms with van der Waals surface area (Å²) in [6.07, 6.45) is 6.16. The van der Waals surface area contributed by atoms with Gasteiger partial charge < -0.3 is 10.2 Å². The van der Waals surface area contributed by atoms with Crippen LogP contribution >= 0.6 is 0 Å². The Labute approximate surface area is 260 Å². The first-order valence-corrected chi connectivity index (χ1v) is 15.7. The van der Waals surface area contributed by atoms with Crippen molar-refractivity contribution in [3.63, 3.8) is 0 Å². The second kappa shape index (κ2) is 15.0. The summed E-state index contributed by atoms with van der Waals surface area (Å²) in [6, 6.07) is 35.0. The minimum Gasteiger partial charge on any atom is -0.388 e. The highest BCUT2D eigenvalue weighted by Crippen LogP contribution is 2.40. The number of nitro benzene ring substituents is 1. The molecule has 6 rings (SSSR count). The lowest BCUT2D eigenvalue weighted by Gasteiger charge is -2.18. The second-order valence-electron chi connectivity index (χ2n) is 12.2. The third kappa shape index (κ3) is 8.49. The number of aryl methyl sites for hydroxylation is 1. The average Bonchev–Trinajstić information content (AvgIpc) is 3.73. The Morgan fingerprint density at radius 1 is 0.773 bits per heavy atom. The molecule has 0 saturated heterocycles. The topological polar surface area (TPSA) is 96.0 Å². The lowest BCUT2D eigenvalue weighted by atomic mass is 9.91. The third-order valence-corrected chi connectivity index (χ3v) is 8.95. The first kappa shape index (κ1) is 31.3. The first-order valence-electron chi connectivity index (χ1n) is 15.7. The fraction of sp³-hybridized carbons (Fsp3) is 0.342. The van der Waals surface area contributed by atoms with E-state index < -0.39 is 11.0 Å². The van der Waals surface area contributed by atoms with Crippen LogP contribution in [0.3, 0.4) is 0 Å². The molecule has 0 spiro atoms. The van der Waals surface area contributed by atoms with Gasteiger partial charge in [0.25, 0.3) is 5.69 Å². The van der Waals surface area contributed by atoms with Gasteiger partial charge in [0.1, 0.15) is 6.10 Å². The smallest absolute Gasteiger partial charge is 0.269 e. The highest BCUT2D eigenvalue weighted by Gasteiger charge is 2.30. The Morgan fingerprint density at radius 2 is 1.36 bits per heavy atom. The van der Waals surface area contributed by atoms with Gasteiger partial charge >= 0.3 is 0 Å². The summed E-state index contributed by atoms with van der Waals surface area (Å²) >= 11 is 0. The zero-order valence-corrected chi connectivity index (χ0v) is 25.3. The molecule has 1 saturated carbocycles. The summed E-state index contributed by atoms with van der Waals surface area (Å²) in [7, 11) is 0. The molecule has 6 heteroatoms. The predicted molar refractivity (Wildman–Crippen MR) is 176 cm³/mol. The molecule has 0 radical (unpaired) electrons. The van der Waals surface area contributed by atoms with Crippen LogP contribution < -0.4 is 0 Å². The summed E-state index contributed by atoms with van der Waals surface area (Å²) in [6.45, 7) is 2.13. The normalized spacial score (nSPS) is 20.7. The Hall–Kier alpha value is -4.13. The molecule has 6 nitrogen and oxygen atoms in total. The highest BCUT2D eigenvalue weighted by molar-refractivity contribution is 5.88. The van der Waals surface area contributed by atoms with Gasteiger partial charge in [-0.1, -0.05) is 103 Å². The highest BCUT2D eigenvalue weighted by atomic mass is 16.6. The van der Waals surface area contributed by atoms with Crippen molar-refractivity contribution in [2.75, 3.05) is 0 Å². The van der Waals surface area contributed by atoms with E-state index in [1.165, 1.54) is 29.7 Å². The van der Waals surface area contributed by atoms with Gasteiger partial charge in [0.15, 0.2) is 0 Å². The van der Waals surface area contributed by atoms with E-state index in [-0.39, 0.29) is 17.8 Å². The number of non-ortho nitro benzene ring substituents is 1. The maximum atomic E-state index is 10.7. The fourth-order valence-corrected chi connectivity index (χ4v) is 6.45. The quantitative estimate of drug-likeness (QED) is 0.152. The van der Waals surface area contributed by atoms with Crippen LogP contribution in [0, 0.1) is 28.9 Å². The van der Waals surface area contributed by atoms with E-state index in [0.717, 1.165) is 60.4 Å². The van der Waals surface area contributed by atoms with Crippen molar-refractivity contribution in [2.45, 2.75) is 70.1 Å². The monoisotopic (exact) mass is 590 g/mol. The van der Waals surface area contributed by atoms with E-state index >= 15 is 0 Å². The molecule has 0 amide bonds. The minimum atomic E-state index is -0.578. The number of hydrogen-bond donors (Lipinski definition) is 2. The van der Waals surface area contributed by atoms with Gasteiger partial charge in [0.05, 0.1) is 17.1 Å². The van der Waals surface area contributed by atoms with Crippen LogP contribution in [-0.4, -0.2) is 26.9 Å². The molecule has 2 aliphatic rings. The number of rotatable bonds is 9. The molecule has 44 heavy (non-hydrogen) atoms. The maximum absolute atomic E-state index is 10.7. The van der Waals surface area contributed by atoms with Crippen LogP contribution in [0.15, 0.2) is 114 Å². The molecule has 1 heterocycles. The van der Waals surface area contributed by atoms with Crippen LogP contribution in [-0.2, 0) is 12.8 Å². The summed E-state index contributed by atoms with van der Waals surface area (Å²) < 4.78 is 0. The van der Waals surface area contributed by atoms with Gasteiger partial charge in [-0.3, -0.25) is 15.1 Å². The predicted octanol–water partition coefficient (Wildman–Crippen LogP) is 8.16. The fourth-order valence-electron chi connectivity index (χ4n) is 6.45.